The summed E-state index contributed by atoms with van der Waals surface area (Å²) in [4.78, 5) is 3.45. The fourth-order valence-electron chi connectivity index (χ4n) is 4.27. The summed E-state index contributed by atoms with van der Waals surface area (Å²) in [5.41, 5.74) is 11.1. The molecule has 1 heterocycles. The number of allylic oxidation sites excluding steroid dienone is 4. The molecule has 24 heavy (non-hydrogen) atoms. The molecule has 2 aliphatic rings. The number of aromatic amines is 1. The van der Waals surface area contributed by atoms with Crippen molar-refractivity contribution in [1.29, 1.82) is 0 Å². The highest BCUT2D eigenvalue weighted by Crippen LogP contribution is 2.46. The van der Waals surface area contributed by atoms with Crippen molar-refractivity contribution in [3.05, 3.63) is 95.2 Å². The van der Waals surface area contributed by atoms with Crippen LogP contribution in [-0.2, 0) is 6.42 Å². The van der Waals surface area contributed by atoms with Crippen LogP contribution in [-0.4, -0.2) is 4.98 Å². The Kier molecular flexibility index (Phi) is 2.90. The molecule has 0 spiro atoms. The third-order valence-electron chi connectivity index (χ3n) is 5.31. The predicted octanol–water partition coefficient (Wildman–Crippen LogP) is 5.77. The molecule has 0 saturated carbocycles. The molecule has 0 radical (unpaired) electrons. The molecule has 1 heteroatoms. The van der Waals surface area contributed by atoms with Crippen molar-refractivity contribution in [1.82, 2.24) is 4.98 Å². The SMILES string of the molecule is Cc1cc2c(c(-c3ccc[nH]3)c1C1C=CC=C1)Cc1ccccc1-2. The first kappa shape index (κ1) is 13.6. The third kappa shape index (κ3) is 1.88. The lowest BCUT2D eigenvalue weighted by Crippen LogP contribution is -2.02. The van der Waals surface area contributed by atoms with Gasteiger partial charge in [0.15, 0.2) is 0 Å². The van der Waals surface area contributed by atoms with Gasteiger partial charge in [-0.2, -0.15) is 0 Å². The van der Waals surface area contributed by atoms with E-state index in [1.807, 2.05) is 6.20 Å². The van der Waals surface area contributed by atoms with Crippen LogP contribution in [0.3, 0.4) is 0 Å². The molecule has 116 valence electrons. The highest BCUT2D eigenvalue weighted by molar-refractivity contribution is 5.87. The molecule has 5 rings (SSSR count). The van der Waals surface area contributed by atoms with Gasteiger partial charge in [-0.3, -0.25) is 0 Å². The Labute approximate surface area is 142 Å². The van der Waals surface area contributed by atoms with Crippen molar-refractivity contribution in [3.8, 4) is 22.4 Å². The van der Waals surface area contributed by atoms with Crippen LogP contribution in [0.2, 0.25) is 0 Å². The summed E-state index contributed by atoms with van der Waals surface area (Å²) in [5, 5.41) is 0. The molecule has 0 bridgehead atoms. The highest BCUT2D eigenvalue weighted by Gasteiger charge is 2.27. The maximum absolute atomic E-state index is 3.45. The first-order valence-corrected chi connectivity index (χ1v) is 8.56. The minimum Gasteiger partial charge on any atom is -0.361 e. The number of hydrogen-bond acceptors (Lipinski definition) is 0. The van der Waals surface area contributed by atoms with E-state index in [1.165, 1.54) is 44.6 Å². The summed E-state index contributed by atoms with van der Waals surface area (Å²) in [6, 6.07) is 15.5. The van der Waals surface area contributed by atoms with E-state index >= 15 is 0 Å². The van der Waals surface area contributed by atoms with E-state index in [4.69, 9.17) is 0 Å². The lowest BCUT2D eigenvalue weighted by Gasteiger charge is -2.20. The lowest BCUT2D eigenvalue weighted by molar-refractivity contribution is 1.06. The molecule has 3 aromatic rings. The van der Waals surface area contributed by atoms with E-state index in [-0.39, 0.29) is 0 Å². The zero-order chi connectivity index (χ0) is 16.1. The largest absolute Gasteiger partial charge is 0.361 e. The van der Waals surface area contributed by atoms with Crippen molar-refractivity contribution >= 4 is 0 Å². The van der Waals surface area contributed by atoms with E-state index in [0.29, 0.717) is 5.92 Å². The van der Waals surface area contributed by atoms with Crippen molar-refractivity contribution in [3.63, 3.8) is 0 Å². The lowest BCUT2D eigenvalue weighted by atomic mass is 9.84. The zero-order valence-electron chi connectivity index (χ0n) is 13.7. The van der Waals surface area contributed by atoms with Crippen LogP contribution in [0.15, 0.2) is 73.0 Å². The summed E-state index contributed by atoms with van der Waals surface area (Å²) in [6.45, 7) is 2.25. The summed E-state index contributed by atoms with van der Waals surface area (Å²) in [5.74, 6) is 0.373. The molecule has 2 aliphatic carbocycles. The van der Waals surface area contributed by atoms with Gasteiger partial charge in [0.2, 0.25) is 0 Å². The number of rotatable bonds is 2. The van der Waals surface area contributed by atoms with Crippen LogP contribution >= 0.6 is 0 Å². The number of nitrogens with one attached hydrogen (secondary N) is 1. The van der Waals surface area contributed by atoms with Gasteiger partial charge in [0.05, 0.1) is 0 Å². The second-order valence-electron chi connectivity index (χ2n) is 6.72. The molecule has 0 unspecified atom stereocenters. The van der Waals surface area contributed by atoms with Gasteiger partial charge in [0.1, 0.15) is 0 Å². The van der Waals surface area contributed by atoms with E-state index in [9.17, 15) is 0 Å². The Morgan fingerprint density at radius 1 is 0.958 bits per heavy atom. The molecule has 0 atom stereocenters. The predicted molar refractivity (Wildman–Crippen MR) is 100 cm³/mol. The molecule has 0 amide bonds. The molecule has 1 aromatic heterocycles. The second kappa shape index (κ2) is 5.10. The fourth-order valence-corrected chi connectivity index (χ4v) is 4.27. The number of fused-ring (bicyclic) bond motifs is 3. The zero-order valence-corrected chi connectivity index (χ0v) is 13.7. The molecular formula is C23H19N. The van der Waals surface area contributed by atoms with Gasteiger partial charge in [-0.05, 0) is 58.9 Å². The number of benzene rings is 2. The average molecular weight is 309 g/mol. The number of aromatic nitrogens is 1. The van der Waals surface area contributed by atoms with Crippen molar-refractivity contribution in [2.45, 2.75) is 19.3 Å². The first-order valence-electron chi connectivity index (χ1n) is 8.56. The van der Waals surface area contributed by atoms with Crippen LogP contribution < -0.4 is 0 Å². The fraction of sp³-hybridized carbons (Fsp3) is 0.130. The standard InChI is InChI=1S/C23H19N/c1-15-13-19-18-10-5-4-9-17(18)14-20(19)23(21-11-6-12-24-21)22(15)16-7-2-3-8-16/h2-13,16,24H,14H2,1H3. The maximum Gasteiger partial charge on any atom is 0.0460 e. The van der Waals surface area contributed by atoms with Gasteiger partial charge in [0.25, 0.3) is 0 Å². The number of H-pyrrole nitrogens is 1. The van der Waals surface area contributed by atoms with Crippen LogP contribution in [0, 0.1) is 6.92 Å². The quantitative estimate of drug-likeness (QED) is 0.484. The van der Waals surface area contributed by atoms with E-state index in [0.717, 1.165) is 6.42 Å². The summed E-state index contributed by atoms with van der Waals surface area (Å²) < 4.78 is 0. The van der Waals surface area contributed by atoms with Gasteiger partial charge in [-0.25, -0.2) is 0 Å². The summed E-state index contributed by atoms with van der Waals surface area (Å²) >= 11 is 0. The molecule has 2 aromatic carbocycles. The Morgan fingerprint density at radius 2 is 1.79 bits per heavy atom. The van der Waals surface area contributed by atoms with Crippen molar-refractivity contribution in [2.75, 3.05) is 0 Å². The van der Waals surface area contributed by atoms with E-state index in [2.05, 4.69) is 78.7 Å². The maximum atomic E-state index is 3.45. The van der Waals surface area contributed by atoms with Crippen molar-refractivity contribution < 1.29 is 0 Å². The molecule has 0 saturated heterocycles. The van der Waals surface area contributed by atoms with Gasteiger partial charge in [0, 0.05) is 23.4 Å². The van der Waals surface area contributed by atoms with Crippen LogP contribution in [0.4, 0.5) is 0 Å². The van der Waals surface area contributed by atoms with Crippen LogP contribution in [0.5, 0.6) is 0 Å². The van der Waals surface area contributed by atoms with Crippen molar-refractivity contribution in [2.24, 2.45) is 0 Å². The smallest absolute Gasteiger partial charge is 0.0460 e. The monoisotopic (exact) mass is 309 g/mol. The molecule has 1 N–H and O–H groups in total. The molecule has 1 nitrogen and oxygen atoms in total. The molecular weight excluding hydrogens is 290 g/mol. The first-order chi connectivity index (χ1) is 11.8. The van der Waals surface area contributed by atoms with E-state index < -0.39 is 0 Å². The topological polar surface area (TPSA) is 15.8 Å². The number of aryl methyl sites for hydroxylation is 1. The Hall–Kier alpha value is -2.80. The normalized spacial score (nSPS) is 15.0. The van der Waals surface area contributed by atoms with Gasteiger partial charge in [-0.15, -0.1) is 0 Å². The highest BCUT2D eigenvalue weighted by atomic mass is 14.7. The van der Waals surface area contributed by atoms with Crippen LogP contribution in [0.25, 0.3) is 22.4 Å². The molecule has 0 aliphatic heterocycles. The summed E-state index contributed by atoms with van der Waals surface area (Å²) in [7, 11) is 0. The van der Waals surface area contributed by atoms with Crippen LogP contribution in [0.1, 0.15) is 28.2 Å². The van der Waals surface area contributed by atoms with E-state index in [1.54, 1.807) is 0 Å². The van der Waals surface area contributed by atoms with Gasteiger partial charge < -0.3 is 4.98 Å². The average Bonchev–Trinajstić information content (AvgIpc) is 3.34. The molecule has 0 fully saturated rings. The second-order valence-corrected chi connectivity index (χ2v) is 6.72. The Morgan fingerprint density at radius 3 is 2.58 bits per heavy atom. The van der Waals surface area contributed by atoms with Gasteiger partial charge >= 0.3 is 0 Å². The Bertz CT molecular complexity index is 975. The third-order valence-corrected chi connectivity index (χ3v) is 5.31. The summed E-state index contributed by atoms with van der Waals surface area (Å²) in [6.07, 6.45) is 11.9. The van der Waals surface area contributed by atoms with Gasteiger partial charge in [-0.1, -0.05) is 54.6 Å². The minimum atomic E-state index is 0.373. The Balaban J connectivity index is 1.84. The minimum absolute atomic E-state index is 0.373. The number of hydrogen-bond donors (Lipinski definition) is 1.